The Kier molecular flexibility index (Phi) is 8.20. The van der Waals surface area contributed by atoms with Gasteiger partial charge in [-0.2, -0.15) is 4.31 Å². The first-order valence-corrected chi connectivity index (χ1v) is 9.84. The van der Waals surface area contributed by atoms with Gasteiger partial charge in [-0.25, -0.2) is 18.0 Å². The van der Waals surface area contributed by atoms with Gasteiger partial charge in [0.15, 0.2) is 6.61 Å². The van der Waals surface area contributed by atoms with Crippen LogP contribution in [0.4, 0.5) is 4.79 Å². The lowest BCUT2D eigenvalue weighted by Crippen LogP contribution is -2.41. The molecule has 11 heteroatoms. The van der Waals surface area contributed by atoms with Crippen molar-refractivity contribution in [1.29, 1.82) is 0 Å². The quantitative estimate of drug-likeness (QED) is 0.643. The van der Waals surface area contributed by atoms with E-state index in [1.807, 2.05) is 5.32 Å². The van der Waals surface area contributed by atoms with Crippen LogP contribution >= 0.6 is 11.6 Å². The van der Waals surface area contributed by atoms with Gasteiger partial charge in [0.05, 0.1) is 15.5 Å². The van der Waals surface area contributed by atoms with Crippen LogP contribution in [0.5, 0.6) is 0 Å². The lowest BCUT2D eigenvalue weighted by Gasteiger charge is -2.21. The number of benzene rings is 1. The number of carbonyl (C=O) groups is 3. The summed E-state index contributed by atoms with van der Waals surface area (Å²) in [6.07, 6.45) is 0. The molecule has 3 amide bonds. The average Bonchev–Trinajstić information content (AvgIpc) is 2.59. The Balaban J connectivity index is 2.93. The van der Waals surface area contributed by atoms with Gasteiger partial charge >= 0.3 is 12.0 Å². The molecule has 0 spiro atoms. The summed E-state index contributed by atoms with van der Waals surface area (Å²) in [6, 6.07) is 2.60. The van der Waals surface area contributed by atoms with Crippen LogP contribution < -0.4 is 10.6 Å². The van der Waals surface area contributed by atoms with Crippen molar-refractivity contribution in [3.8, 4) is 0 Å². The number of sulfonamides is 1. The van der Waals surface area contributed by atoms with E-state index in [1.165, 1.54) is 19.2 Å². The molecule has 9 nitrogen and oxygen atoms in total. The van der Waals surface area contributed by atoms with Crippen LogP contribution in [-0.4, -0.2) is 56.9 Å². The SMILES string of the molecule is CCNC(=O)NC(=O)COC(=O)c1cc(S(=O)(=O)N(C)C(C)C)ccc1Cl. The largest absolute Gasteiger partial charge is 0.452 e. The molecule has 0 bridgehead atoms. The van der Waals surface area contributed by atoms with Crippen LogP contribution in [0.2, 0.25) is 5.02 Å². The second-order valence-electron chi connectivity index (χ2n) is 5.74. The predicted octanol–water partition coefficient (Wildman–Crippen LogP) is 1.37. The highest BCUT2D eigenvalue weighted by molar-refractivity contribution is 7.89. The lowest BCUT2D eigenvalue weighted by atomic mass is 10.2. The van der Waals surface area contributed by atoms with Crippen LogP contribution in [0.3, 0.4) is 0 Å². The van der Waals surface area contributed by atoms with Crippen molar-refractivity contribution in [1.82, 2.24) is 14.9 Å². The highest BCUT2D eigenvalue weighted by Crippen LogP contribution is 2.24. The van der Waals surface area contributed by atoms with Crippen molar-refractivity contribution in [2.45, 2.75) is 31.7 Å². The number of halogens is 1. The Morgan fingerprint density at radius 1 is 1.26 bits per heavy atom. The number of esters is 1. The molecule has 150 valence electrons. The molecule has 27 heavy (non-hydrogen) atoms. The number of nitrogens with one attached hydrogen (secondary N) is 2. The van der Waals surface area contributed by atoms with Gasteiger partial charge in [0.1, 0.15) is 0 Å². The van der Waals surface area contributed by atoms with Crippen LogP contribution in [0.15, 0.2) is 23.1 Å². The molecule has 2 N–H and O–H groups in total. The molecule has 0 saturated carbocycles. The van der Waals surface area contributed by atoms with Gasteiger partial charge in [-0.15, -0.1) is 0 Å². The van der Waals surface area contributed by atoms with E-state index in [0.717, 1.165) is 10.4 Å². The third kappa shape index (κ3) is 6.19. The maximum absolute atomic E-state index is 12.5. The molecular formula is C16H22ClN3O6S. The molecule has 0 aliphatic carbocycles. The van der Waals surface area contributed by atoms with Gasteiger partial charge in [0.2, 0.25) is 10.0 Å². The summed E-state index contributed by atoms with van der Waals surface area (Å²) in [5, 5.41) is 4.28. The fourth-order valence-electron chi connectivity index (χ4n) is 1.84. The average molecular weight is 420 g/mol. The van der Waals surface area contributed by atoms with Crippen LogP contribution in [0.1, 0.15) is 31.1 Å². The van der Waals surface area contributed by atoms with E-state index >= 15 is 0 Å². The number of nitrogens with zero attached hydrogens (tertiary/aromatic N) is 1. The standard InChI is InChI=1S/C16H22ClN3O6S/c1-5-18-16(23)19-14(21)9-26-15(22)12-8-11(6-7-13(12)17)27(24,25)20(4)10(2)3/h6-8,10H,5,9H2,1-4H3,(H2,18,19,21,23). The molecule has 0 saturated heterocycles. The molecule has 0 aliphatic rings. The van der Waals surface area contributed by atoms with Gasteiger partial charge in [-0.3, -0.25) is 10.1 Å². The summed E-state index contributed by atoms with van der Waals surface area (Å²) in [6.45, 7) is 4.67. The van der Waals surface area contributed by atoms with E-state index in [9.17, 15) is 22.8 Å². The molecule has 0 atom stereocenters. The van der Waals surface area contributed by atoms with Crippen LogP contribution in [-0.2, 0) is 19.6 Å². The van der Waals surface area contributed by atoms with Crippen LogP contribution in [0.25, 0.3) is 0 Å². The fourth-order valence-corrected chi connectivity index (χ4v) is 3.43. The van der Waals surface area contributed by atoms with Crippen LogP contribution in [0, 0.1) is 0 Å². The summed E-state index contributed by atoms with van der Waals surface area (Å²) in [4.78, 5) is 34.8. The van der Waals surface area contributed by atoms with E-state index in [2.05, 4.69) is 5.32 Å². The van der Waals surface area contributed by atoms with Crippen molar-refractivity contribution >= 4 is 39.5 Å². The zero-order valence-corrected chi connectivity index (χ0v) is 17.0. The maximum Gasteiger partial charge on any atom is 0.340 e. The Bertz CT molecular complexity index is 825. The molecule has 0 radical (unpaired) electrons. The topological polar surface area (TPSA) is 122 Å². The molecular weight excluding hydrogens is 398 g/mol. The summed E-state index contributed by atoms with van der Waals surface area (Å²) in [7, 11) is -2.41. The summed E-state index contributed by atoms with van der Waals surface area (Å²) < 4.78 is 31.0. The second-order valence-corrected chi connectivity index (χ2v) is 8.15. The molecule has 0 aliphatic heterocycles. The van der Waals surface area contributed by atoms with Crippen molar-refractivity contribution < 1.29 is 27.5 Å². The van der Waals surface area contributed by atoms with Gasteiger partial charge in [0.25, 0.3) is 5.91 Å². The number of amides is 3. The van der Waals surface area contributed by atoms with Crippen molar-refractivity contribution in [3.05, 3.63) is 28.8 Å². The number of imide groups is 1. The van der Waals surface area contributed by atoms with Gasteiger partial charge in [-0.05, 0) is 39.0 Å². The zero-order chi connectivity index (χ0) is 20.8. The van der Waals surface area contributed by atoms with E-state index in [4.69, 9.17) is 16.3 Å². The summed E-state index contributed by atoms with van der Waals surface area (Å²) in [5.74, 6) is -1.83. The number of hydrogen-bond acceptors (Lipinski definition) is 6. The molecule has 0 fully saturated rings. The van der Waals surface area contributed by atoms with Gasteiger partial charge in [-0.1, -0.05) is 11.6 Å². The molecule has 0 unspecified atom stereocenters. The Labute approximate surface area is 163 Å². The highest BCUT2D eigenvalue weighted by atomic mass is 35.5. The summed E-state index contributed by atoms with van der Waals surface area (Å²) in [5.41, 5.74) is -0.208. The molecule has 1 aromatic rings. The first-order valence-electron chi connectivity index (χ1n) is 8.03. The second kappa shape index (κ2) is 9.67. The van der Waals surface area contributed by atoms with Gasteiger partial charge in [0, 0.05) is 19.6 Å². The van der Waals surface area contributed by atoms with Crippen molar-refractivity contribution in [2.24, 2.45) is 0 Å². The molecule has 1 aromatic carbocycles. The molecule has 1 rings (SSSR count). The zero-order valence-electron chi connectivity index (χ0n) is 15.4. The third-order valence-electron chi connectivity index (χ3n) is 3.49. The van der Waals surface area contributed by atoms with E-state index in [0.29, 0.717) is 6.54 Å². The van der Waals surface area contributed by atoms with E-state index in [1.54, 1.807) is 20.8 Å². The monoisotopic (exact) mass is 419 g/mol. The maximum atomic E-state index is 12.5. The highest BCUT2D eigenvalue weighted by Gasteiger charge is 2.25. The molecule has 0 aromatic heterocycles. The summed E-state index contributed by atoms with van der Waals surface area (Å²) >= 11 is 5.95. The Morgan fingerprint density at radius 3 is 2.44 bits per heavy atom. The number of ether oxygens (including phenoxy) is 1. The first kappa shape index (κ1) is 22.9. The van der Waals surface area contributed by atoms with Crippen molar-refractivity contribution in [3.63, 3.8) is 0 Å². The molecule has 0 heterocycles. The van der Waals surface area contributed by atoms with E-state index in [-0.39, 0.29) is 21.5 Å². The minimum Gasteiger partial charge on any atom is -0.452 e. The Hall–Kier alpha value is -2.17. The number of carbonyl (C=O) groups excluding carboxylic acids is 3. The third-order valence-corrected chi connectivity index (χ3v) is 5.85. The number of urea groups is 1. The fraction of sp³-hybridized carbons (Fsp3) is 0.438. The predicted molar refractivity (Wildman–Crippen MR) is 99.0 cm³/mol. The smallest absolute Gasteiger partial charge is 0.340 e. The minimum absolute atomic E-state index is 0.0321. The van der Waals surface area contributed by atoms with Gasteiger partial charge < -0.3 is 10.1 Å². The number of rotatable bonds is 7. The van der Waals surface area contributed by atoms with Crippen molar-refractivity contribution in [2.75, 3.05) is 20.2 Å². The van der Waals surface area contributed by atoms with E-state index < -0.39 is 34.5 Å². The Morgan fingerprint density at radius 2 is 1.89 bits per heavy atom. The first-order chi connectivity index (χ1) is 12.5. The normalized spacial score (nSPS) is 11.4. The minimum atomic E-state index is -3.83. The number of hydrogen-bond donors (Lipinski definition) is 2. The lowest BCUT2D eigenvalue weighted by molar-refractivity contribution is -0.123.